The van der Waals surface area contributed by atoms with Gasteiger partial charge in [-0.05, 0) is 44.0 Å². The van der Waals surface area contributed by atoms with Gasteiger partial charge in [0.1, 0.15) is 0 Å². The van der Waals surface area contributed by atoms with E-state index in [2.05, 4.69) is 62.5 Å². The lowest BCUT2D eigenvalue weighted by Crippen LogP contribution is -2.22. The van der Waals surface area contributed by atoms with Gasteiger partial charge in [-0.2, -0.15) is 0 Å². The monoisotopic (exact) mass is 259 g/mol. The summed E-state index contributed by atoms with van der Waals surface area (Å²) >= 11 is 1.91. The highest BCUT2D eigenvalue weighted by atomic mass is 32.1. The smallest absolute Gasteiger partial charge is 0.0671 e. The lowest BCUT2D eigenvalue weighted by molar-refractivity contribution is 0.606. The topological polar surface area (TPSA) is 12.0 Å². The minimum absolute atomic E-state index is 0.337. The number of nitrogens with one attached hydrogen (secondary N) is 1. The molecule has 1 unspecified atom stereocenters. The number of hydrogen-bond donors (Lipinski definition) is 1. The molecule has 1 N–H and O–H groups in total. The van der Waals surface area contributed by atoms with Gasteiger partial charge in [-0.3, -0.25) is 0 Å². The van der Waals surface area contributed by atoms with E-state index in [1.54, 1.807) is 0 Å². The average molecular weight is 259 g/mol. The molecule has 0 aliphatic carbocycles. The summed E-state index contributed by atoms with van der Waals surface area (Å²) in [4.78, 5) is 2.84. The van der Waals surface area contributed by atoms with Crippen LogP contribution in [-0.4, -0.2) is 6.54 Å². The number of hydrogen-bond acceptors (Lipinski definition) is 2. The van der Waals surface area contributed by atoms with Crippen LogP contribution in [0.15, 0.2) is 36.4 Å². The Labute approximate surface area is 114 Å². The van der Waals surface area contributed by atoms with E-state index in [-0.39, 0.29) is 0 Å². The minimum atomic E-state index is 0.337. The van der Waals surface area contributed by atoms with Crippen molar-refractivity contribution in [2.24, 2.45) is 0 Å². The fourth-order valence-electron chi connectivity index (χ4n) is 2.06. The summed E-state index contributed by atoms with van der Waals surface area (Å²) in [5.41, 5.74) is 2.75. The second-order valence-electron chi connectivity index (χ2n) is 4.69. The third-order valence-electron chi connectivity index (χ3n) is 3.20. The van der Waals surface area contributed by atoms with Gasteiger partial charge in [0.05, 0.1) is 6.04 Å². The first-order valence-electron chi connectivity index (χ1n) is 6.57. The molecule has 1 atom stereocenters. The van der Waals surface area contributed by atoms with Crippen molar-refractivity contribution in [3.8, 4) is 0 Å². The van der Waals surface area contributed by atoms with Gasteiger partial charge in [0.25, 0.3) is 0 Å². The molecule has 96 valence electrons. The van der Waals surface area contributed by atoms with Crippen LogP contribution in [0.1, 0.15) is 40.3 Å². The van der Waals surface area contributed by atoms with Gasteiger partial charge >= 0.3 is 0 Å². The summed E-state index contributed by atoms with van der Waals surface area (Å²) in [7, 11) is 0. The van der Waals surface area contributed by atoms with Crippen LogP contribution < -0.4 is 5.32 Å². The van der Waals surface area contributed by atoms with Crippen molar-refractivity contribution >= 4 is 11.3 Å². The molecule has 0 bridgehead atoms. The predicted octanol–water partition coefficient (Wildman–Crippen LogP) is 4.45. The molecule has 0 radical (unpaired) electrons. The normalized spacial score (nSPS) is 12.6. The first-order valence-corrected chi connectivity index (χ1v) is 7.39. The lowest BCUT2D eigenvalue weighted by atomic mass is 10.0. The first-order chi connectivity index (χ1) is 8.72. The molecule has 0 spiro atoms. The molecule has 0 amide bonds. The van der Waals surface area contributed by atoms with Crippen molar-refractivity contribution in [3.05, 3.63) is 57.3 Å². The van der Waals surface area contributed by atoms with Crippen molar-refractivity contribution in [1.82, 2.24) is 5.32 Å². The Morgan fingerprint density at radius 2 is 1.89 bits per heavy atom. The molecule has 2 heteroatoms. The minimum Gasteiger partial charge on any atom is -0.306 e. The molecule has 1 nitrogen and oxygen atoms in total. The van der Waals surface area contributed by atoms with E-state index < -0.39 is 0 Å². The van der Waals surface area contributed by atoms with Crippen LogP contribution in [0.25, 0.3) is 0 Å². The largest absolute Gasteiger partial charge is 0.306 e. The predicted molar refractivity (Wildman–Crippen MR) is 80.4 cm³/mol. The molecule has 0 aliphatic heterocycles. The van der Waals surface area contributed by atoms with Crippen LogP contribution in [0.3, 0.4) is 0 Å². The van der Waals surface area contributed by atoms with Crippen molar-refractivity contribution in [2.45, 2.75) is 33.2 Å². The van der Waals surface area contributed by atoms with E-state index in [0.29, 0.717) is 6.04 Å². The van der Waals surface area contributed by atoms with Gasteiger partial charge in [-0.15, -0.1) is 11.3 Å². The number of aryl methyl sites for hydroxylation is 2. The van der Waals surface area contributed by atoms with Crippen LogP contribution in [-0.2, 0) is 0 Å². The van der Waals surface area contributed by atoms with E-state index in [9.17, 15) is 0 Å². The summed E-state index contributed by atoms with van der Waals surface area (Å²) in [5.74, 6) is 0. The quantitative estimate of drug-likeness (QED) is 0.836. The molecule has 0 saturated carbocycles. The fourth-order valence-corrected chi connectivity index (χ4v) is 3.21. The summed E-state index contributed by atoms with van der Waals surface area (Å²) in [5, 5.41) is 3.65. The zero-order valence-corrected chi connectivity index (χ0v) is 12.2. The maximum absolute atomic E-state index is 3.65. The summed E-state index contributed by atoms with van der Waals surface area (Å²) < 4.78 is 0. The van der Waals surface area contributed by atoms with E-state index in [1.807, 2.05) is 11.3 Å². The molecule has 1 heterocycles. The Bertz CT molecular complexity index is 468. The molecule has 0 fully saturated rings. The lowest BCUT2D eigenvalue weighted by Gasteiger charge is -2.17. The second kappa shape index (κ2) is 6.17. The third kappa shape index (κ3) is 3.01. The standard InChI is InChI=1S/C16H21NS/c1-4-10-17-16(14-8-6-5-7-9-14)15-11-12(2)13(3)18-15/h5-9,11,16-17H,4,10H2,1-3H3. The number of rotatable bonds is 5. The molecule has 1 aromatic carbocycles. The van der Waals surface area contributed by atoms with Crippen LogP contribution in [0.5, 0.6) is 0 Å². The van der Waals surface area contributed by atoms with Crippen molar-refractivity contribution in [3.63, 3.8) is 0 Å². The summed E-state index contributed by atoms with van der Waals surface area (Å²) in [6.45, 7) is 7.65. The van der Waals surface area contributed by atoms with Gasteiger partial charge in [-0.1, -0.05) is 37.3 Å². The van der Waals surface area contributed by atoms with E-state index in [4.69, 9.17) is 0 Å². The van der Waals surface area contributed by atoms with Gasteiger partial charge in [-0.25, -0.2) is 0 Å². The third-order valence-corrected chi connectivity index (χ3v) is 4.42. The molecule has 0 aliphatic rings. The van der Waals surface area contributed by atoms with Gasteiger partial charge in [0, 0.05) is 9.75 Å². The average Bonchev–Trinajstić information content (AvgIpc) is 2.71. The van der Waals surface area contributed by atoms with Gasteiger partial charge in [0.2, 0.25) is 0 Å². The maximum Gasteiger partial charge on any atom is 0.0671 e. The van der Waals surface area contributed by atoms with Crippen LogP contribution in [0.2, 0.25) is 0 Å². The van der Waals surface area contributed by atoms with Crippen molar-refractivity contribution in [2.75, 3.05) is 6.54 Å². The molecule has 2 rings (SSSR count). The fraction of sp³-hybridized carbons (Fsp3) is 0.375. The summed E-state index contributed by atoms with van der Waals surface area (Å²) in [6.07, 6.45) is 1.16. The van der Waals surface area contributed by atoms with Crippen LogP contribution >= 0.6 is 11.3 Å². The summed E-state index contributed by atoms with van der Waals surface area (Å²) in [6, 6.07) is 13.4. The van der Waals surface area contributed by atoms with Crippen molar-refractivity contribution in [1.29, 1.82) is 0 Å². The van der Waals surface area contributed by atoms with E-state index in [1.165, 1.54) is 20.9 Å². The Morgan fingerprint density at radius 3 is 2.44 bits per heavy atom. The zero-order chi connectivity index (χ0) is 13.0. The Morgan fingerprint density at radius 1 is 1.17 bits per heavy atom. The molecule has 18 heavy (non-hydrogen) atoms. The molecular weight excluding hydrogens is 238 g/mol. The highest BCUT2D eigenvalue weighted by molar-refractivity contribution is 7.12. The second-order valence-corrected chi connectivity index (χ2v) is 5.97. The zero-order valence-electron chi connectivity index (χ0n) is 11.4. The van der Waals surface area contributed by atoms with Gasteiger partial charge < -0.3 is 5.32 Å². The molecule has 2 aromatic rings. The van der Waals surface area contributed by atoms with E-state index >= 15 is 0 Å². The Kier molecular flexibility index (Phi) is 4.56. The Hall–Kier alpha value is -1.12. The van der Waals surface area contributed by atoms with Crippen LogP contribution in [0, 0.1) is 13.8 Å². The number of benzene rings is 1. The molecular formula is C16H21NS. The van der Waals surface area contributed by atoms with Crippen LogP contribution in [0.4, 0.5) is 0 Å². The SMILES string of the molecule is CCCNC(c1ccccc1)c1cc(C)c(C)s1. The highest BCUT2D eigenvalue weighted by Gasteiger charge is 2.15. The maximum atomic E-state index is 3.65. The van der Waals surface area contributed by atoms with Gasteiger partial charge in [0.15, 0.2) is 0 Å². The van der Waals surface area contributed by atoms with Crippen molar-refractivity contribution < 1.29 is 0 Å². The first kappa shape index (κ1) is 13.3. The highest BCUT2D eigenvalue weighted by Crippen LogP contribution is 2.30. The Balaban J connectivity index is 2.30. The molecule has 1 aromatic heterocycles. The molecule has 0 saturated heterocycles. The van der Waals surface area contributed by atoms with E-state index in [0.717, 1.165) is 13.0 Å². The number of thiophene rings is 1.